The molecule has 0 saturated heterocycles. The lowest BCUT2D eigenvalue weighted by Crippen LogP contribution is -2.24. The van der Waals surface area contributed by atoms with Gasteiger partial charge < -0.3 is 15.2 Å². The second-order valence-corrected chi connectivity index (χ2v) is 4.78. The Balaban J connectivity index is 1.89. The van der Waals surface area contributed by atoms with Gasteiger partial charge in [0, 0.05) is 0 Å². The number of nitrogens with one attached hydrogen (secondary N) is 1. The standard InChI is InChI=1S/C17H17N3O4/c1-23-16(21)14-6-2-13(3-7-14)11-24-15-8-4-12(5-9-15)10-19-20-17(18)22/h2-10H,11H2,1H3,(H3,18,20,22). The van der Waals surface area contributed by atoms with Crippen molar-refractivity contribution < 1.29 is 19.1 Å². The largest absolute Gasteiger partial charge is 0.489 e. The molecule has 0 radical (unpaired) electrons. The van der Waals surface area contributed by atoms with E-state index in [1.807, 2.05) is 12.1 Å². The number of hydrogen-bond donors (Lipinski definition) is 2. The number of urea groups is 1. The van der Waals surface area contributed by atoms with E-state index in [2.05, 4.69) is 15.3 Å². The van der Waals surface area contributed by atoms with Crippen LogP contribution < -0.4 is 15.9 Å². The van der Waals surface area contributed by atoms with Gasteiger partial charge in [-0.05, 0) is 47.5 Å². The first kappa shape index (κ1) is 17.0. The fraction of sp³-hybridized carbons (Fsp3) is 0.118. The van der Waals surface area contributed by atoms with Crippen molar-refractivity contribution in [3.05, 3.63) is 65.2 Å². The van der Waals surface area contributed by atoms with Crippen LogP contribution in [-0.4, -0.2) is 25.3 Å². The van der Waals surface area contributed by atoms with Crippen molar-refractivity contribution in [1.29, 1.82) is 0 Å². The number of esters is 1. The summed E-state index contributed by atoms with van der Waals surface area (Å²) in [6.07, 6.45) is 1.47. The molecular weight excluding hydrogens is 310 g/mol. The highest BCUT2D eigenvalue weighted by Gasteiger charge is 2.04. The number of carbonyl (C=O) groups is 2. The van der Waals surface area contributed by atoms with E-state index in [1.54, 1.807) is 36.4 Å². The number of nitrogens with two attached hydrogens (primary N) is 1. The Kier molecular flexibility index (Phi) is 5.90. The van der Waals surface area contributed by atoms with Crippen molar-refractivity contribution in [3.63, 3.8) is 0 Å². The first-order valence-corrected chi connectivity index (χ1v) is 7.07. The van der Waals surface area contributed by atoms with E-state index in [0.717, 1.165) is 11.1 Å². The summed E-state index contributed by atoms with van der Waals surface area (Å²) < 4.78 is 10.3. The average molecular weight is 327 g/mol. The topological polar surface area (TPSA) is 103 Å². The van der Waals surface area contributed by atoms with Crippen LogP contribution in [-0.2, 0) is 11.3 Å². The Morgan fingerprint density at radius 1 is 1.12 bits per heavy atom. The lowest BCUT2D eigenvalue weighted by atomic mass is 10.1. The third kappa shape index (κ3) is 5.13. The van der Waals surface area contributed by atoms with Crippen molar-refractivity contribution >= 4 is 18.2 Å². The number of hydrogen-bond acceptors (Lipinski definition) is 5. The van der Waals surface area contributed by atoms with Crippen LogP contribution in [0.3, 0.4) is 0 Å². The van der Waals surface area contributed by atoms with Crippen LogP contribution in [0.4, 0.5) is 4.79 Å². The lowest BCUT2D eigenvalue weighted by Gasteiger charge is -2.07. The first-order valence-electron chi connectivity index (χ1n) is 7.07. The van der Waals surface area contributed by atoms with Crippen LogP contribution in [0, 0.1) is 0 Å². The monoisotopic (exact) mass is 327 g/mol. The SMILES string of the molecule is COC(=O)c1ccc(COc2ccc(C=NNC(N)=O)cc2)cc1. The number of methoxy groups -OCH3 is 1. The molecule has 0 aliphatic heterocycles. The van der Waals surface area contributed by atoms with Crippen molar-refractivity contribution in [2.75, 3.05) is 7.11 Å². The maximum atomic E-state index is 11.4. The van der Waals surface area contributed by atoms with Crippen LogP contribution >= 0.6 is 0 Å². The molecule has 24 heavy (non-hydrogen) atoms. The van der Waals surface area contributed by atoms with Crippen molar-refractivity contribution in [2.24, 2.45) is 10.8 Å². The van der Waals surface area contributed by atoms with E-state index in [4.69, 9.17) is 10.5 Å². The molecule has 2 amide bonds. The summed E-state index contributed by atoms with van der Waals surface area (Å²) in [7, 11) is 1.34. The molecule has 0 aliphatic rings. The number of carbonyl (C=O) groups excluding carboxylic acids is 2. The van der Waals surface area contributed by atoms with Gasteiger partial charge in [-0.15, -0.1) is 0 Å². The Morgan fingerprint density at radius 3 is 2.38 bits per heavy atom. The number of ether oxygens (including phenoxy) is 2. The molecule has 0 heterocycles. The number of benzene rings is 2. The van der Waals surface area contributed by atoms with Gasteiger partial charge in [0.2, 0.25) is 0 Å². The van der Waals surface area contributed by atoms with Crippen LogP contribution in [0.1, 0.15) is 21.5 Å². The average Bonchev–Trinajstić information content (AvgIpc) is 2.60. The second-order valence-electron chi connectivity index (χ2n) is 4.78. The summed E-state index contributed by atoms with van der Waals surface area (Å²) in [6, 6.07) is 13.4. The Bertz CT molecular complexity index is 725. The molecular formula is C17H17N3O4. The molecule has 0 bridgehead atoms. The molecule has 0 atom stereocenters. The molecule has 2 aromatic rings. The van der Waals surface area contributed by atoms with Crippen molar-refractivity contribution in [1.82, 2.24) is 5.43 Å². The number of rotatable bonds is 6. The van der Waals surface area contributed by atoms with Gasteiger partial charge in [0.15, 0.2) is 0 Å². The maximum Gasteiger partial charge on any atom is 0.337 e. The third-order valence-corrected chi connectivity index (χ3v) is 3.05. The summed E-state index contributed by atoms with van der Waals surface area (Å²) in [4.78, 5) is 21.8. The molecule has 0 spiro atoms. The predicted molar refractivity (Wildman–Crippen MR) is 88.9 cm³/mol. The molecule has 0 aliphatic carbocycles. The third-order valence-electron chi connectivity index (χ3n) is 3.05. The first-order chi connectivity index (χ1) is 11.6. The highest BCUT2D eigenvalue weighted by atomic mass is 16.5. The van der Waals surface area contributed by atoms with Gasteiger partial charge in [-0.25, -0.2) is 15.0 Å². The zero-order valence-corrected chi connectivity index (χ0v) is 13.1. The van der Waals surface area contributed by atoms with Crippen LogP contribution in [0.25, 0.3) is 0 Å². The molecule has 0 aromatic heterocycles. The van der Waals surface area contributed by atoms with Gasteiger partial charge in [-0.1, -0.05) is 12.1 Å². The van der Waals surface area contributed by atoms with E-state index >= 15 is 0 Å². The van der Waals surface area contributed by atoms with Crippen LogP contribution in [0.15, 0.2) is 53.6 Å². The molecule has 0 saturated carbocycles. The molecule has 3 N–H and O–H groups in total. The molecule has 0 fully saturated rings. The summed E-state index contributed by atoms with van der Waals surface area (Å²) in [5.41, 5.74) is 9.23. The van der Waals surface area contributed by atoms with Gasteiger partial charge >= 0.3 is 12.0 Å². The van der Waals surface area contributed by atoms with E-state index in [-0.39, 0.29) is 5.97 Å². The normalized spacial score (nSPS) is 10.4. The Labute approximate surface area is 139 Å². The number of primary amides is 1. The van der Waals surface area contributed by atoms with E-state index in [9.17, 15) is 9.59 Å². The lowest BCUT2D eigenvalue weighted by molar-refractivity contribution is 0.0600. The molecule has 7 heteroatoms. The van der Waals surface area contributed by atoms with E-state index < -0.39 is 6.03 Å². The molecule has 2 aromatic carbocycles. The number of amides is 2. The Morgan fingerprint density at radius 2 is 1.79 bits per heavy atom. The second kappa shape index (κ2) is 8.33. The summed E-state index contributed by atoms with van der Waals surface area (Å²) in [5, 5.41) is 3.67. The quantitative estimate of drug-likeness (QED) is 0.481. The van der Waals surface area contributed by atoms with Gasteiger partial charge in [0.05, 0.1) is 18.9 Å². The zero-order chi connectivity index (χ0) is 17.4. The fourth-order valence-electron chi connectivity index (χ4n) is 1.84. The van der Waals surface area contributed by atoms with E-state index in [0.29, 0.717) is 17.9 Å². The molecule has 7 nitrogen and oxygen atoms in total. The number of hydrazone groups is 1. The minimum Gasteiger partial charge on any atom is -0.489 e. The minimum atomic E-state index is -0.718. The molecule has 0 unspecified atom stereocenters. The Hall–Kier alpha value is -3.35. The maximum absolute atomic E-state index is 11.4. The molecule has 124 valence electrons. The molecule has 2 rings (SSSR count). The minimum absolute atomic E-state index is 0.370. The fourth-order valence-corrected chi connectivity index (χ4v) is 1.84. The van der Waals surface area contributed by atoms with Gasteiger partial charge in [-0.2, -0.15) is 5.10 Å². The zero-order valence-electron chi connectivity index (χ0n) is 13.1. The van der Waals surface area contributed by atoms with Gasteiger partial charge in [0.1, 0.15) is 12.4 Å². The van der Waals surface area contributed by atoms with Gasteiger partial charge in [0.25, 0.3) is 0 Å². The van der Waals surface area contributed by atoms with Crippen LogP contribution in [0.2, 0.25) is 0 Å². The van der Waals surface area contributed by atoms with Gasteiger partial charge in [-0.3, -0.25) is 0 Å². The summed E-state index contributed by atoms with van der Waals surface area (Å²) in [6.45, 7) is 0.373. The van der Waals surface area contributed by atoms with Crippen molar-refractivity contribution in [3.8, 4) is 5.75 Å². The highest BCUT2D eigenvalue weighted by molar-refractivity contribution is 5.89. The number of nitrogens with zero attached hydrogens (tertiary/aromatic N) is 1. The smallest absolute Gasteiger partial charge is 0.337 e. The van der Waals surface area contributed by atoms with Crippen molar-refractivity contribution in [2.45, 2.75) is 6.61 Å². The van der Waals surface area contributed by atoms with E-state index in [1.165, 1.54) is 13.3 Å². The highest BCUT2D eigenvalue weighted by Crippen LogP contribution is 2.14. The summed E-state index contributed by atoms with van der Waals surface area (Å²) >= 11 is 0. The summed E-state index contributed by atoms with van der Waals surface area (Å²) in [5.74, 6) is 0.317. The predicted octanol–water partition coefficient (Wildman–Crippen LogP) is 2.05. The van der Waals surface area contributed by atoms with Crippen LogP contribution in [0.5, 0.6) is 5.75 Å².